The van der Waals surface area contributed by atoms with Gasteiger partial charge in [0.05, 0.1) is 49.7 Å². The number of rotatable bonds is 12. The van der Waals surface area contributed by atoms with Gasteiger partial charge in [0.1, 0.15) is 17.5 Å². The van der Waals surface area contributed by atoms with E-state index >= 15 is 0 Å². The molecule has 0 radical (unpaired) electrons. The molecule has 3 saturated heterocycles. The molecule has 5 rings (SSSR count). The van der Waals surface area contributed by atoms with Gasteiger partial charge >= 0.3 is 12.1 Å². The van der Waals surface area contributed by atoms with Crippen LogP contribution in [0.3, 0.4) is 0 Å². The molecule has 1 N–H and O–H groups in total. The maximum atomic E-state index is 14.1. The van der Waals surface area contributed by atoms with Gasteiger partial charge in [-0.3, -0.25) is 4.79 Å². The molecule has 46 heavy (non-hydrogen) atoms. The first-order valence-electron chi connectivity index (χ1n) is 15.6. The fraction of sp³-hybridized carbons (Fsp3) is 0.576. The average Bonchev–Trinajstić information content (AvgIpc) is 3.60. The lowest BCUT2D eigenvalue weighted by Gasteiger charge is -2.45. The van der Waals surface area contributed by atoms with Crippen LogP contribution in [0.1, 0.15) is 39.2 Å². The smallest absolute Gasteiger partial charge is 0.410 e. The van der Waals surface area contributed by atoms with Gasteiger partial charge in [0.2, 0.25) is 10.0 Å². The molecule has 2 aromatic carbocycles. The zero-order valence-electron chi connectivity index (χ0n) is 26.7. The molecular weight excluding hydrogens is 616 g/mol. The quantitative estimate of drug-likeness (QED) is 0.338. The first-order chi connectivity index (χ1) is 21.8. The van der Waals surface area contributed by atoms with Gasteiger partial charge < -0.3 is 33.7 Å². The number of sulfonamides is 1. The summed E-state index contributed by atoms with van der Waals surface area (Å²) < 4.78 is 57.0. The Morgan fingerprint density at radius 2 is 1.76 bits per heavy atom. The lowest BCUT2D eigenvalue weighted by molar-refractivity contribution is -0.153. The van der Waals surface area contributed by atoms with E-state index in [1.54, 1.807) is 32.9 Å². The predicted octanol–water partition coefficient (Wildman–Crippen LogP) is 3.22. The monoisotopic (exact) mass is 660 g/mol. The van der Waals surface area contributed by atoms with Crippen LogP contribution < -0.4 is 4.74 Å². The van der Waals surface area contributed by atoms with Gasteiger partial charge in [-0.15, -0.1) is 0 Å². The average molecular weight is 661 g/mol. The van der Waals surface area contributed by atoms with Crippen molar-refractivity contribution in [3.05, 3.63) is 60.2 Å². The van der Waals surface area contributed by atoms with E-state index in [-0.39, 0.29) is 49.8 Å². The molecule has 3 fully saturated rings. The Morgan fingerprint density at radius 1 is 1.07 bits per heavy atom. The van der Waals surface area contributed by atoms with Gasteiger partial charge in [-0.1, -0.05) is 30.3 Å². The summed E-state index contributed by atoms with van der Waals surface area (Å²) in [6.45, 7) is 5.96. The van der Waals surface area contributed by atoms with E-state index < -0.39 is 51.9 Å². The van der Waals surface area contributed by atoms with E-state index in [0.717, 1.165) is 12.0 Å². The van der Waals surface area contributed by atoms with Crippen LogP contribution in [0, 0.1) is 11.8 Å². The molecule has 0 spiro atoms. The van der Waals surface area contributed by atoms with Crippen LogP contribution >= 0.6 is 0 Å². The Morgan fingerprint density at radius 3 is 2.41 bits per heavy atom. The summed E-state index contributed by atoms with van der Waals surface area (Å²) in [6.07, 6.45) is -1.66. The second kappa shape index (κ2) is 14.3. The minimum atomic E-state index is -4.14. The number of benzene rings is 2. The summed E-state index contributed by atoms with van der Waals surface area (Å²) in [7, 11) is -2.65. The summed E-state index contributed by atoms with van der Waals surface area (Å²) in [5.41, 5.74) is 0.181. The number of fused-ring (bicyclic) bond motifs is 1. The third-order valence-electron chi connectivity index (χ3n) is 8.54. The molecular formula is C33H44N2O10S. The number of aliphatic hydroxyl groups is 1. The number of carbonyl (C=O) groups excluding carboxylic acids is 2. The predicted molar refractivity (Wildman–Crippen MR) is 166 cm³/mol. The van der Waals surface area contributed by atoms with Crippen LogP contribution in [0.4, 0.5) is 4.79 Å². The van der Waals surface area contributed by atoms with Crippen LogP contribution in [0.25, 0.3) is 0 Å². The number of aliphatic hydroxyl groups excluding tert-OH is 1. The molecule has 12 nitrogen and oxygen atoms in total. The minimum absolute atomic E-state index is 0.0183. The van der Waals surface area contributed by atoms with Crippen molar-refractivity contribution in [3.8, 4) is 5.75 Å². The number of ether oxygens (including phenoxy) is 5. The Balaban J connectivity index is 1.35. The van der Waals surface area contributed by atoms with Crippen LogP contribution in [0.15, 0.2) is 59.5 Å². The van der Waals surface area contributed by atoms with E-state index in [4.69, 9.17) is 23.7 Å². The summed E-state index contributed by atoms with van der Waals surface area (Å²) >= 11 is 0. The second-order valence-electron chi connectivity index (χ2n) is 13.1. The Bertz CT molecular complexity index is 1440. The largest absolute Gasteiger partial charge is 0.497 e. The van der Waals surface area contributed by atoms with Gasteiger partial charge in [-0.05, 0) is 63.4 Å². The lowest BCUT2D eigenvalue weighted by atomic mass is 9.90. The SMILES string of the molecule is COc1ccc(S(=O)(=O)N(C[C@@H](O)[C@@H](CC(=O)OC2CO[C@H]3OCCC23)Cc2ccccc2)C2CN(C(=O)OC(C)(C)C)C2)cc1. The third kappa shape index (κ3) is 8.18. The van der Waals surface area contributed by atoms with Gasteiger partial charge in [0, 0.05) is 25.6 Å². The number of esters is 1. The normalized spacial score (nSPS) is 23.0. The summed E-state index contributed by atoms with van der Waals surface area (Å²) in [5, 5.41) is 11.7. The standard InChI is InChI=1S/C33H44N2O10S/c1-33(2,3)45-32(38)34-18-24(19-34)35(46(39,40)26-12-10-25(41-4)11-13-26)20-28(36)23(16-22-8-6-5-7-9-22)17-30(37)44-29-21-43-31-27(29)14-15-42-31/h5-13,23-24,27-29,31,36H,14-21H2,1-4H3/t23-,27?,28-,29?,31-/m1/s1. The van der Waals surface area contributed by atoms with Gasteiger partial charge in [-0.2, -0.15) is 4.31 Å². The Kier molecular flexibility index (Phi) is 10.6. The van der Waals surface area contributed by atoms with Crippen LogP contribution in [-0.2, 0) is 40.2 Å². The van der Waals surface area contributed by atoms with Crippen molar-refractivity contribution in [2.45, 2.75) is 75.1 Å². The minimum Gasteiger partial charge on any atom is -0.497 e. The first-order valence-corrected chi connectivity index (χ1v) is 17.1. The molecule has 0 saturated carbocycles. The molecule has 0 aliphatic carbocycles. The number of likely N-dealkylation sites (tertiary alicyclic amines) is 1. The fourth-order valence-corrected chi connectivity index (χ4v) is 7.64. The van der Waals surface area contributed by atoms with E-state index in [1.807, 2.05) is 30.3 Å². The van der Waals surface area contributed by atoms with E-state index in [1.165, 1.54) is 28.4 Å². The molecule has 0 bridgehead atoms. The molecule has 3 aliphatic rings. The number of carbonyl (C=O) groups is 2. The first kappa shape index (κ1) is 34.1. The Labute approximate surface area is 270 Å². The summed E-state index contributed by atoms with van der Waals surface area (Å²) in [4.78, 5) is 27.4. The number of amides is 1. The van der Waals surface area contributed by atoms with E-state index in [0.29, 0.717) is 18.8 Å². The molecule has 2 aromatic rings. The molecule has 1 amide bonds. The van der Waals surface area contributed by atoms with Crippen molar-refractivity contribution in [2.75, 3.05) is 40.0 Å². The molecule has 2 unspecified atom stereocenters. The molecule has 13 heteroatoms. The highest BCUT2D eigenvalue weighted by atomic mass is 32.2. The highest BCUT2D eigenvalue weighted by molar-refractivity contribution is 7.89. The van der Waals surface area contributed by atoms with E-state index in [9.17, 15) is 23.1 Å². The molecule has 0 aromatic heterocycles. The summed E-state index contributed by atoms with van der Waals surface area (Å²) in [5.74, 6) is -0.693. The van der Waals surface area contributed by atoms with Gasteiger partial charge in [0.15, 0.2) is 6.29 Å². The van der Waals surface area contributed by atoms with Crippen molar-refractivity contribution in [2.24, 2.45) is 11.8 Å². The van der Waals surface area contributed by atoms with Crippen molar-refractivity contribution in [1.29, 1.82) is 0 Å². The molecule has 252 valence electrons. The number of nitrogens with zero attached hydrogens (tertiary/aromatic N) is 2. The highest BCUT2D eigenvalue weighted by Crippen LogP contribution is 2.34. The Hall–Kier alpha value is -3.23. The van der Waals surface area contributed by atoms with E-state index in [2.05, 4.69) is 0 Å². The number of hydrogen-bond donors (Lipinski definition) is 1. The van der Waals surface area contributed by atoms with Gasteiger partial charge in [0.25, 0.3) is 0 Å². The third-order valence-corrected chi connectivity index (χ3v) is 10.5. The van der Waals surface area contributed by atoms with Crippen LogP contribution in [0.5, 0.6) is 5.75 Å². The second-order valence-corrected chi connectivity index (χ2v) is 15.0. The molecule has 5 atom stereocenters. The lowest BCUT2D eigenvalue weighted by Crippen LogP contribution is -2.64. The summed E-state index contributed by atoms with van der Waals surface area (Å²) in [6, 6.07) is 14.8. The van der Waals surface area contributed by atoms with Crippen molar-refractivity contribution < 1.29 is 46.8 Å². The molecule has 3 heterocycles. The van der Waals surface area contributed by atoms with Crippen LogP contribution in [0.2, 0.25) is 0 Å². The van der Waals surface area contributed by atoms with Gasteiger partial charge in [-0.25, -0.2) is 13.2 Å². The van der Waals surface area contributed by atoms with Crippen molar-refractivity contribution >= 4 is 22.1 Å². The zero-order chi connectivity index (χ0) is 33.1. The number of hydrogen-bond acceptors (Lipinski definition) is 10. The van der Waals surface area contributed by atoms with Crippen molar-refractivity contribution in [1.82, 2.24) is 9.21 Å². The zero-order valence-corrected chi connectivity index (χ0v) is 27.6. The molecule has 3 aliphatic heterocycles. The topological polar surface area (TPSA) is 141 Å². The van der Waals surface area contributed by atoms with Crippen molar-refractivity contribution in [3.63, 3.8) is 0 Å². The fourth-order valence-electron chi connectivity index (χ4n) is 6.01. The van der Waals surface area contributed by atoms with Crippen LogP contribution in [-0.4, -0.2) is 105 Å². The highest BCUT2D eigenvalue weighted by Gasteiger charge is 2.45. The maximum absolute atomic E-state index is 14.1. The number of methoxy groups -OCH3 is 1. The maximum Gasteiger partial charge on any atom is 0.410 e.